The zero-order chi connectivity index (χ0) is 19.2. The van der Waals surface area contributed by atoms with Crippen LogP contribution in [0.5, 0.6) is 0 Å². The maximum absolute atomic E-state index is 12.5. The smallest absolute Gasteiger partial charge is 0.419 e. The summed E-state index contributed by atoms with van der Waals surface area (Å²) in [5.74, 6) is 0.716. The lowest BCUT2D eigenvalue weighted by atomic mass is 9.93. The van der Waals surface area contributed by atoms with E-state index in [1.807, 2.05) is 24.3 Å². The number of hydrogen-bond acceptors (Lipinski definition) is 3. The van der Waals surface area contributed by atoms with E-state index >= 15 is 0 Å². The van der Waals surface area contributed by atoms with Gasteiger partial charge < -0.3 is 4.74 Å². The summed E-state index contributed by atoms with van der Waals surface area (Å²) < 4.78 is 7.00. The molecule has 1 atom stereocenters. The molecule has 3 rings (SSSR count). The van der Waals surface area contributed by atoms with Gasteiger partial charge in [-0.25, -0.2) is 14.3 Å². The molecule has 0 fully saturated rings. The Labute approximate surface area is 160 Å². The third kappa shape index (κ3) is 4.45. The van der Waals surface area contributed by atoms with Gasteiger partial charge in [0.2, 0.25) is 0 Å². The maximum atomic E-state index is 12.5. The maximum Gasteiger partial charge on any atom is 0.419 e. The fraction of sp³-hybridized carbons (Fsp3) is 0.304. The molecule has 3 aromatic rings. The van der Waals surface area contributed by atoms with Crippen molar-refractivity contribution in [3.05, 3.63) is 89.0 Å². The predicted octanol–water partition coefficient (Wildman–Crippen LogP) is 5.27. The molecule has 0 saturated carbocycles. The highest BCUT2D eigenvalue weighted by Gasteiger charge is 2.20. The van der Waals surface area contributed by atoms with Gasteiger partial charge >= 0.3 is 6.09 Å². The molecule has 0 radical (unpaired) electrons. The van der Waals surface area contributed by atoms with Crippen LogP contribution in [0.25, 0.3) is 0 Å². The van der Waals surface area contributed by atoms with E-state index in [2.05, 4.69) is 50.0 Å². The quantitative estimate of drug-likeness (QED) is 0.561. The van der Waals surface area contributed by atoms with E-state index in [0.29, 0.717) is 12.4 Å². The van der Waals surface area contributed by atoms with E-state index < -0.39 is 0 Å². The van der Waals surface area contributed by atoms with Crippen molar-refractivity contribution in [2.75, 3.05) is 6.61 Å². The van der Waals surface area contributed by atoms with Crippen LogP contribution < -0.4 is 0 Å². The topological polar surface area (TPSA) is 44.1 Å². The molecule has 1 heterocycles. The Hall–Kier alpha value is -2.88. The van der Waals surface area contributed by atoms with Crippen molar-refractivity contribution in [3.63, 3.8) is 0 Å². The average molecular weight is 362 g/mol. The summed E-state index contributed by atoms with van der Waals surface area (Å²) in [5.41, 5.74) is 4.90. The number of aromatic nitrogens is 2. The third-order valence-electron chi connectivity index (χ3n) is 5.04. The number of rotatable bonds is 6. The minimum Gasteiger partial charge on any atom is -0.449 e. The minimum absolute atomic E-state index is 0.0109. The summed E-state index contributed by atoms with van der Waals surface area (Å²) >= 11 is 0. The molecule has 0 N–H and O–H groups in total. The number of nitrogens with zero attached hydrogens (tertiary/aromatic N) is 2. The van der Waals surface area contributed by atoms with Gasteiger partial charge in [-0.1, -0.05) is 55.5 Å². The van der Waals surface area contributed by atoms with E-state index in [9.17, 15) is 4.79 Å². The first-order valence-corrected chi connectivity index (χ1v) is 9.38. The average Bonchev–Trinajstić information content (AvgIpc) is 3.17. The van der Waals surface area contributed by atoms with E-state index in [-0.39, 0.29) is 12.0 Å². The van der Waals surface area contributed by atoms with Crippen molar-refractivity contribution < 1.29 is 9.53 Å². The molecule has 0 bridgehead atoms. The standard InChI is InChI=1S/C23H26N2O2/c1-17-9-7-13-21(18(17)2)19(3)22-24-14-15-25(22)23(26)27-16-8-12-20-10-5-4-6-11-20/h4-7,9-11,13-15,19H,8,12,16H2,1-3H3/t19-/m0/s1. The van der Waals surface area contributed by atoms with Gasteiger partial charge in [-0.05, 0) is 48.9 Å². The molecule has 0 amide bonds. The van der Waals surface area contributed by atoms with Crippen LogP contribution in [0, 0.1) is 13.8 Å². The lowest BCUT2D eigenvalue weighted by molar-refractivity contribution is 0.145. The van der Waals surface area contributed by atoms with Gasteiger partial charge in [0, 0.05) is 18.3 Å². The Bertz CT molecular complexity index is 900. The largest absolute Gasteiger partial charge is 0.449 e. The van der Waals surface area contributed by atoms with E-state index in [1.165, 1.54) is 26.8 Å². The SMILES string of the molecule is Cc1cccc([C@H](C)c2nccn2C(=O)OCCCc2ccccc2)c1C. The molecule has 4 heteroatoms. The monoisotopic (exact) mass is 362 g/mol. The van der Waals surface area contributed by atoms with Gasteiger partial charge in [-0.3, -0.25) is 0 Å². The van der Waals surface area contributed by atoms with E-state index in [4.69, 9.17) is 4.74 Å². The van der Waals surface area contributed by atoms with Crippen LogP contribution in [0.2, 0.25) is 0 Å². The van der Waals surface area contributed by atoms with Crippen molar-refractivity contribution in [1.29, 1.82) is 0 Å². The van der Waals surface area contributed by atoms with E-state index in [1.54, 1.807) is 12.4 Å². The van der Waals surface area contributed by atoms with Gasteiger partial charge in [-0.2, -0.15) is 0 Å². The molecule has 0 aliphatic heterocycles. The first kappa shape index (κ1) is 18.9. The number of imidazole rings is 1. The molecule has 2 aromatic carbocycles. The predicted molar refractivity (Wildman–Crippen MR) is 107 cm³/mol. The van der Waals surface area contributed by atoms with Crippen LogP contribution >= 0.6 is 0 Å². The Balaban J connectivity index is 1.63. The van der Waals surface area contributed by atoms with Crippen molar-refractivity contribution in [3.8, 4) is 0 Å². The third-order valence-corrected chi connectivity index (χ3v) is 5.04. The van der Waals surface area contributed by atoms with Crippen LogP contribution in [0.15, 0.2) is 60.9 Å². The Morgan fingerprint density at radius 2 is 1.89 bits per heavy atom. The van der Waals surface area contributed by atoms with Crippen LogP contribution in [0.1, 0.15) is 47.3 Å². The second-order valence-electron chi connectivity index (χ2n) is 6.87. The highest BCUT2D eigenvalue weighted by molar-refractivity contribution is 5.71. The summed E-state index contributed by atoms with van der Waals surface area (Å²) in [4.78, 5) is 16.9. The Morgan fingerprint density at radius 3 is 2.67 bits per heavy atom. The molecule has 0 unspecified atom stereocenters. The Morgan fingerprint density at radius 1 is 1.11 bits per heavy atom. The number of hydrogen-bond donors (Lipinski definition) is 0. The molecule has 1 aromatic heterocycles. The van der Waals surface area contributed by atoms with Crippen molar-refractivity contribution in [2.45, 2.75) is 39.5 Å². The van der Waals surface area contributed by atoms with Crippen LogP contribution in [0.3, 0.4) is 0 Å². The number of aryl methyl sites for hydroxylation is 2. The zero-order valence-electron chi connectivity index (χ0n) is 16.2. The van der Waals surface area contributed by atoms with Crippen molar-refractivity contribution >= 4 is 6.09 Å². The first-order chi connectivity index (χ1) is 13.1. The second kappa shape index (κ2) is 8.67. The molecule has 0 spiro atoms. The molecule has 140 valence electrons. The molecular formula is C23H26N2O2. The molecular weight excluding hydrogens is 336 g/mol. The molecule has 27 heavy (non-hydrogen) atoms. The summed E-state index contributed by atoms with van der Waals surface area (Å²) in [5, 5.41) is 0. The summed E-state index contributed by atoms with van der Waals surface area (Å²) in [6, 6.07) is 16.5. The molecule has 0 saturated heterocycles. The number of benzene rings is 2. The van der Waals surface area contributed by atoms with Crippen molar-refractivity contribution in [2.24, 2.45) is 0 Å². The van der Waals surface area contributed by atoms with Gasteiger partial charge in [-0.15, -0.1) is 0 Å². The molecule has 0 aliphatic rings. The fourth-order valence-electron chi connectivity index (χ4n) is 3.32. The molecule has 0 aliphatic carbocycles. The normalized spacial score (nSPS) is 12.0. The highest BCUT2D eigenvalue weighted by Crippen LogP contribution is 2.27. The van der Waals surface area contributed by atoms with Gasteiger partial charge in [0.05, 0.1) is 6.61 Å². The zero-order valence-corrected chi connectivity index (χ0v) is 16.2. The highest BCUT2D eigenvalue weighted by atomic mass is 16.5. The number of carbonyl (C=O) groups excluding carboxylic acids is 1. The lowest BCUT2D eigenvalue weighted by Crippen LogP contribution is -2.19. The van der Waals surface area contributed by atoms with E-state index in [0.717, 1.165) is 12.8 Å². The van der Waals surface area contributed by atoms with Crippen molar-refractivity contribution in [1.82, 2.24) is 9.55 Å². The lowest BCUT2D eigenvalue weighted by Gasteiger charge is -2.17. The summed E-state index contributed by atoms with van der Waals surface area (Å²) in [7, 11) is 0. The van der Waals surface area contributed by atoms with Crippen LogP contribution in [-0.4, -0.2) is 22.3 Å². The van der Waals surface area contributed by atoms with Crippen LogP contribution in [-0.2, 0) is 11.2 Å². The Kier molecular flexibility index (Phi) is 6.07. The summed E-state index contributed by atoms with van der Waals surface area (Å²) in [6.07, 6.45) is 4.65. The summed E-state index contributed by atoms with van der Waals surface area (Å²) in [6.45, 7) is 6.67. The van der Waals surface area contributed by atoms with Crippen LogP contribution in [0.4, 0.5) is 4.79 Å². The van der Waals surface area contributed by atoms with Gasteiger partial charge in [0.15, 0.2) is 0 Å². The van der Waals surface area contributed by atoms with Gasteiger partial charge in [0.25, 0.3) is 0 Å². The fourth-order valence-corrected chi connectivity index (χ4v) is 3.32. The molecule has 4 nitrogen and oxygen atoms in total. The number of carbonyl (C=O) groups is 1. The second-order valence-corrected chi connectivity index (χ2v) is 6.87. The first-order valence-electron chi connectivity index (χ1n) is 9.38. The minimum atomic E-state index is -0.368. The number of ether oxygens (including phenoxy) is 1. The van der Waals surface area contributed by atoms with Gasteiger partial charge in [0.1, 0.15) is 5.82 Å².